The largest absolute Gasteiger partial charge is 0.399 e. The van der Waals surface area contributed by atoms with Gasteiger partial charge in [-0.3, -0.25) is 0 Å². The maximum atomic E-state index is 5.83. The number of benzene rings is 1. The van der Waals surface area contributed by atoms with Gasteiger partial charge >= 0.3 is 0 Å². The Morgan fingerprint density at radius 1 is 1.35 bits per heavy atom. The Morgan fingerprint density at radius 2 is 2.06 bits per heavy atom. The SMILES string of the molecule is CSC1(CNc2cc(N)ccc2C)CCCC1. The lowest BCUT2D eigenvalue weighted by Crippen LogP contribution is -2.30. The normalized spacial score (nSPS) is 18.2. The molecular weight excluding hydrogens is 228 g/mol. The number of nitrogen functional groups attached to an aromatic ring is 1. The number of nitrogens with two attached hydrogens (primary N) is 1. The minimum atomic E-state index is 0.442. The topological polar surface area (TPSA) is 38.0 Å². The van der Waals surface area contributed by atoms with E-state index < -0.39 is 0 Å². The van der Waals surface area contributed by atoms with Crippen LogP contribution in [0.1, 0.15) is 31.2 Å². The summed E-state index contributed by atoms with van der Waals surface area (Å²) < 4.78 is 0.442. The molecule has 0 amide bonds. The quantitative estimate of drug-likeness (QED) is 0.801. The molecule has 1 saturated carbocycles. The van der Waals surface area contributed by atoms with Crippen LogP contribution in [0.25, 0.3) is 0 Å². The smallest absolute Gasteiger partial charge is 0.0391 e. The van der Waals surface area contributed by atoms with E-state index in [1.807, 2.05) is 23.9 Å². The molecule has 3 heteroatoms. The first-order valence-electron chi connectivity index (χ1n) is 6.30. The molecule has 0 unspecified atom stereocenters. The molecule has 0 saturated heterocycles. The molecule has 0 aromatic heterocycles. The van der Waals surface area contributed by atoms with Crippen LogP contribution >= 0.6 is 11.8 Å². The zero-order valence-electron chi connectivity index (χ0n) is 10.8. The molecule has 1 aliphatic carbocycles. The third-order valence-electron chi connectivity index (χ3n) is 3.81. The van der Waals surface area contributed by atoms with Crippen LogP contribution in [-0.4, -0.2) is 17.5 Å². The van der Waals surface area contributed by atoms with Crippen molar-refractivity contribution in [3.8, 4) is 0 Å². The summed E-state index contributed by atoms with van der Waals surface area (Å²) in [4.78, 5) is 0. The first-order chi connectivity index (χ1) is 8.15. The van der Waals surface area contributed by atoms with Crippen molar-refractivity contribution in [3.05, 3.63) is 23.8 Å². The summed E-state index contributed by atoms with van der Waals surface area (Å²) in [5.41, 5.74) is 9.12. The van der Waals surface area contributed by atoms with Gasteiger partial charge < -0.3 is 11.1 Å². The zero-order valence-corrected chi connectivity index (χ0v) is 11.6. The summed E-state index contributed by atoms with van der Waals surface area (Å²) in [7, 11) is 0. The van der Waals surface area contributed by atoms with Crippen LogP contribution in [0.4, 0.5) is 11.4 Å². The number of aryl methyl sites for hydroxylation is 1. The monoisotopic (exact) mass is 250 g/mol. The molecule has 1 aromatic rings. The molecule has 0 radical (unpaired) electrons. The van der Waals surface area contributed by atoms with Crippen LogP contribution in [0.5, 0.6) is 0 Å². The number of rotatable bonds is 4. The van der Waals surface area contributed by atoms with Crippen LogP contribution in [0.3, 0.4) is 0 Å². The number of hydrogen-bond acceptors (Lipinski definition) is 3. The van der Waals surface area contributed by atoms with Gasteiger partial charge in [0.25, 0.3) is 0 Å². The molecule has 17 heavy (non-hydrogen) atoms. The van der Waals surface area contributed by atoms with Crippen LogP contribution in [0, 0.1) is 6.92 Å². The van der Waals surface area contributed by atoms with Crippen molar-refractivity contribution in [1.82, 2.24) is 0 Å². The van der Waals surface area contributed by atoms with Crippen LogP contribution < -0.4 is 11.1 Å². The van der Waals surface area contributed by atoms with Gasteiger partial charge in [-0.15, -0.1) is 0 Å². The Labute approximate surface area is 108 Å². The molecule has 0 bridgehead atoms. The summed E-state index contributed by atoms with van der Waals surface area (Å²) in [5, 5.41) is 3.59. The van der Waals surface area contributed by atoms with Crippen molar-refractivity contribution in [1.29, 1.82) is 0 Å². The van der Waals surface area contributed by atoms with E-state index in [0.29, 0.717) is 4.75 Å². The molecule has 2 rings (SSSR count). The minimum Gasteiger partial charge on any atom is -0.399 e. The number of thioether (sulfide) groups is 1. The fourth-order valence-corrected chi connectivity index (χ4v) is 3.47. The second-order valence-electron chi connectivity index (χ2n) is 5.02. The third kappa shape index (κ3) is 2.89. The van der Waals surface area contributed by atoms with Gasteiger partial charge in [-0.25, -0.2) is 0 Å². The molecule has 3 N–H and O–H groups in total. The van der Waals surface area contributed by atoms with Crippen molar-refractivity contribution in [2.24, 2.45) is 0 Å². The lowest BCUT2D eigenvalue weighted by atomic mass is 10.1. The molecule has 2 nitrogen and oxygen atoms in total. The van der Waals surface area contributed by atoms with E-state index in [2.05, 4.69) is 24.6 Å². The summed E-state index contributed by atoms with van der Waals surface area (Å²) in [5.74, 6) is 0. The van der Waals surface area contributed by atoms with Gasteiger partial charge in [-0.05, 0) is 43.7 Å². The lowest BCUT2D eigenvalue weighted by molar-refractivity contribution is 0.640. The minimum absolute atomic E-state index is 0.442. The van der Waals surface area contributed by atoms with E-state index in [-0.39, 0.29) is 0 Å². The maximum absolute atomic E-state index is 5.83. The van der Waals surface area contributed by atoms with Crippen molar-refractivity contribution in [3.63, 3.8) is 0 Å². The van der Waals surface area contributed by atoms with E-state index in [1.165, 1.54) is 36.9 Å². The summed E-state index contributed by atoms with van der Waals surface area (Å²) in [6, 6.07) is 6.08. The van der Waals surface area contributed by atoms with Crippen molar-refractivity contribution in [2.45, 2.75) is 37.4 Å². The van der Waals surface area contributed by atoms with Crippen molar-refractivity contribution in [2.75, 3.05) is 23.9 Å². The molecule has 0 atom stereocenters. The number of anilines is 2. The molecule has 0 spiro atoms. The molecule has 1 aromatic carbocycles. The average Bonchev–Trinajstić information content (AvgIpc) is 2.80. The lowest BCUT2D eigenvalue weighted by Gasteiger charge is -2.28. The fourth-order valence-electron chi connectivity index (χ4n) is 2.56. The number of hydrogen-bond donors (Lipinski definition) is 2. The average molecular weight is 250 g/mol. The standard InChI is InChI=1S/C14H22N2S/c1-11-5-6-12(15)9-13(11)16-10-14(17-2)7-3-4-8-14/h5-6,9,16H,3-4,7-8,10,15H2,1-2H3. The van der Waals surface area contributed by atoms with Gasteiger partial charge in [-0.1, -0.05) is 18.9 Å². The van der Waals surface area contributed by atoms with Crippen molar-refractivity contribution < 1.29 is 0 Å². The van der Waals surface area contributed by atoms with Gasteiger partial charge in [0.15, 0.2) is 0 Å². The highest BCUT2D eigenvalue weighted by Gasteiger charge is 2.32. The van der Waals surface area contributed by atoms with E-state index in [1.54, 1.807) is 0 Å². The summed E-state index contributed by atoms with van der Waals surface area (Å²) >= 11 is 2.02. The highest BCUT2D eigenvalue weighted by Crippen LogP contribution is 2.40. The highest BCUT2D eigenvalue weighted by atomic mass is 32.2. The Bertz CT molecular complexity index is 384. The second kappa shape index (κ2) is 5.21. The summed E-state index contributed by atoms with van der Waals surface area (Å²) in [6.07, 6.45) is 7.65. The number of nitrogens with one attached hydrogen (secondary N) is 1. The van der Waals surface area contributed by atoms with Crippen LogP contribution in [-0.2, 0) is 0 Å². The Hall–Kier alpha value is -0.830. The first-order valence-corrected chi connectivity index (χ1v) is 7.53. The van der Waals surface area contributed by atoms with Crippen LogP contribution in [0.2, 0.25) is 0 Å². The van der Waals surface area contributed by atoms with Gasteiger partial charge in [0.1, 0.15) is 0 Å². The molecule has 0 heterocycles. The molecule has 94 valence electrons. The van der Waals surface area contributed by atoms with Crippen molar-refractivity contribution >= 4 is 23.1 Å². The predicted molar refractivity (Wildman–Crippen MR) is 78.8 cm³/mol. The zero-order chi connectivity index (χ0) is 12.3. The van der Waals surface area contributed by atoms with Gasteiger partial charge in [0.05, 0.1) is 0 Å². The highest BCUT2D eigenvalue weighted by molar-refractivity contribution is 8.00. The van der Waals surface area contributed by atoms with E-state index in [0.717, 1.165) is 12.2 Å². The molecular formula is C14H22N2S. The maximum Gasteiger partial charge on any atom is 0.0391 e. The molecule has 1 aliphatic rings. The second-order valence-corrected chi connectivity index (χ2v) is 6.30. The Balaban J connectivity index is 2.03. The predicted octanol–water partition coefficient (Wildman–Crippen LogP) is 3.66. The van der Waals surface area contributed by atoms with Crippen LogP contribution in [0.15, 0.2) is 18.2 Å². The van der Waals surface area contributed by atoms with E-state index in [4.69, 9.17) is 5.73 Å². The summed E-state index contributed by atoms with van der Waals surface area (Å²) in [6.45, 7) is 3.18. The van der Waals surface area contributed by atoms with E-state index in [9.17, 15) is 0 Å². The fraction of sp³-hybridized carbons (Fsp3) is 0.571. The van der Waals surface area contributed by atoms with Gasteiger partial charge in [0.2, 0.25) is 0 Å². The van der Waals surface area contributed by atoms with Gasteiger partial charge in [0, 0.05) is 22.7 Å². The Kier molecular flexibility index (Phi) is 3.87. The third-order valence-corrected chi connectivity index (χ3v) is 5.23. The molecule has 0 aliphatic heterocycles. The Morgan fingerprint density at radius 3 is 2.71 bits per heavy atom. The van der Waals surface area contributed by atoms with Gasteiger partial charge in [-0.2, -0.15) is 11.8 Å². The first kappa shape index (κ1) is 12.6. The van der Waals surface area contributed by atoms with E-state index >= 15 is 0 Å². The molecule has 1 fully saturated rings.